The smallest absolute Gasteiger partial charge is 0.248 e. The lowest BCUT2D eigenvalue weighted by molar-refractivity contribution is -0.138. The monoisotopic (exact) mass is 334 g/mol. The molecule has 0 unspecified atom stereocenters. The molecule has 24 heavy (non-hydrogen) atoms. The minimum atomic E-state index is -0.209. The Morgan fingerprint density at radius 1 is 1.33 bits per heavy atom. The summed E-state index contributed by atoms with van der Waals surface area (Å²) in [5.41, 5.74) is 0.991. The lowest BCUT2D eigenvalue weighted by Crippen LogP contribution is -2.51. The van der Waals surface area contributed by atoms with Crippen LogP contribution < -0.4 is 0 Å². The van der Waals surface area contributed by atoms with Gasteiger partial charge < -0.3 is 14.5 Å². The number of amides is 1. The molecule has 0 bridgehead atoms. The van der Waals surface area contributed by atoms with E-state index in [4.69, 9.17) is 4.74 Å². The van der Waals surface area contributed by atoms with Gasteiger partial charge in [0.1, 0.15) is 12.4 Å². The topological polar surface area (TPSA) is 32.8 Å². The van der Waals surface area contributed by atoms with Gasteiger partial charge in [0.15, 0.2) is 0 Å². The fraction of sp³-hybridized carbons (Fsp3) is 0.632. The van der Waals surface area contributed by atoms with E-state index in [1.165, 1.54) is 12.5 Å². The third-order valence-corrected chi connectivity index (χ3v) is 5.48. The molecule has 1 aromatic rings. The van der Waals surface area contributed by atoms with Gasteiger partial charge in [-0.15, -0.1) is 0 Å². The largest absolute Gasteiger partial charge is 0.375 e. The van der Waals surface area contributed by atoms with Gasteiger partial charge in [-0.3, -0.25) is 4.79 Å². The molecule has 132 valence electrons. The number of fused-ring (bicyclic) bond motifs is 1. The molecule has 1 aromatic carbocycles. The van der Waals surface area contributed by atoms with Crippen LogP contribution in [0, 0.1) is 5.82 Å². The molecule has 2 fully saturated rings. The van der Waals surface area contributed by atoms with Gasteiger partial charge in [0.25, 0.3) is 0 Å². The highest BCUT2D eigenvalue weighted by Gasteiger charge is 2.45. The van der Waals surface area contributed by atoms with E-state index < -0.39 is 0 Å². The molecule has 0 N–H and O–H groups in total. The average Bonchev–Trinajstić information content (AvgIpc) is 2.83. The number of hydrogen-bond donors (Lipinski definition) is 0. The molecule has 2 heterocycles. The quantitative estimate of drug-likeness (QED) is 0.852. The maximum atomic E-state index is 13.7. The second-order valence-electron chi connectivity index (χ2n) is 7.03. The minimum Gasteiger partial charge on any atom is -0.375 e. The standard InChI is InChI=1S/C19H27FN2O2/c1-21-12-16(14-7-6-8-15(20)11-14)19-17(21)9-4-3-5-10-22(19)18(23)13-24-2/h6-8,11,16-17,19H,3-5,9-10,12-13H2,1-2H3/t16-,17+,19-/m0/s1. The second kappa shape index (κ2) is 7.62. The highest BCUT2D eigenvalue weighted by molar-refractivity contribution is 5.78. The van der Waals surface area contributed by atoms with Gasteiger partial charge in [-0.1, -0.05) is 25.0 Å². The van der Waals surface area contributed by atoms with Crippen molar-refractivity contribution in [2.75, 3.05) is 33.9 Å². The van der Waals surface area contributed by atoms with Gasteiger partial charge in [-0.05, 0) is 37.6 Å². The van der Waals surface area contributed by atoms with E-state index in [2.05, 4.69) is 11.9 Å². The number of carbonyl (C=O) groups excluding carboxylic acids is 1. The summed E-state index contributed by atoms with van der Waals surface area (Å²) in [5.74, 6) is -0.0140. The Morgan fingerprint density at radius 3 is 2.92 bits per heavy atom. The highest BCUT2D eigenvalue weighted by atomic mass is 19.1. The number of likely N-dealkylation sites (N-methyl/N-ethyl adjacent to an activating group) is 1. The maximum Gasteiger partial charge on any atom is 0.248 e. The Kier molecular flexibility index (Phi) is 5.51. The first-order chi connectivity index (χ1) is 11.6. The molecule has 1 amide bonds. The minimum absolute atomic E-state index is 0.0473. The maximum absolute atomic E-state index is 13.7. The van der Waals surface area contributed by atoms with E-state index in [-0.39, 0.29) is 30.3 Å². The first kappa shape index (κ1) is 17.4. The van der Waals surface area contributed by atoms with Gasteiger partial charge in [-0.2, -0.15) is 0 Å². The van der Waals surface area contributed by atoms with Crippen LogP contribution in [0.2, 0.25) is 0 Å². The molecule has 0 radical (unpaired) electrons. The van der Waals surface area contributed by atoms with E-state index >= 15 is 0 Å². The number of halogens is 1. The van der Waals surface area contributed by atoms with Crippen LogP contribution in [0.4, 0.5) is 4.39 Å². The zero-order valence-corrected chi connectivity index (χ0v) is 14.6. The first-order valence-corrected chi connectivity index (χ1v) is 8.86. The van der Waals surface area contributed by atoms with Crippen LogP contribution in [0.15, 0.2) is 24.3 Å². The Morgan fingerprint density at radius 2 is 2.17 bits per heavy atom. The number of benzene rings is 1. The summed E-state index contributed by atoms with van der Waals surface area (Å²) in [4.78, 5) is 17.0. The summed E-state index contributed by atoms with van der Waals surface area (Å²) in [6.45, 7) is 1.74. The van der Waals surface area contributed by atoms with Crippen molar-refractivity contribution in [1.82, 2.24) is 9.80 Å². The van der Waals surface area contributed by atoms with Gasteiger partial charge in [0.2, 0.25) is 5.91 Å². The highest BCUT2D eigenvalue weighted by Crippen LogP contribution is 2.38. The lowest BCUT2D eigenvalue weighted by atomic mass is 9.86. The normalized spacial score (nSPS) is 28.3. The molecule has 3 atom stereocenters. The molecule has 4 nitrogen and oxygen atoms in total. The summed E-state index contributed by atoms with van der Waals surface area (Å²) in [6, 6.07) is 7.29. The molecule has 0 aliphatic carbocycles. The molecule has 0 spiro atoms. The lowest BCUT2D eigenvalue weighted by Gasteiger charge is -2.38. The van der Waals surface area contributed by atoms with Crippen molar-refractivity contribution in [3.63, 3.8) is 0 Å². The average molecular weight is 334 g/mol. The van der Waals surface area contributed by atoms with Crippen molar-refractivity contribution in [1.29, 1.82) is 0 Å². The van der Waals surface area contributed by atoms with E-state index in [0.717, 1.165) is 37.9 Å². The molecular formula is C19H27FN2O2. The second-order valence-corrected chi connectivity index (χ2v) is 7.03. The Balaban J connectivity index is 1.95. The number of methoxy groups -OCH3 is 1. The van der Waals surface area contributed by atoms with Crippen molar-refractivity contribution in [3.8, 4) is 0 Å². The molecule has 3 rings (SSSR count). The molecule has 0 aromatic heterocycles. The summed E-state index contributed by atoms with van der Waals surface area (Å²) in [5, 5.41) is 0. The van der Waals surface area contributed by atoms with Crippen LogP contribution in [0.1, 0.15) is 37.2 Å². The van der Waals surface area contributed by atoms with Crippen LogP contribution in [0.25, 0.3) is 0 Å². The SMILES string of the molecule is COCC(=O)N1CCCCC[C@@H]2[C@@H]1[C@H](c1cccc(F)c1)CN2C. The number of carbonyl (C=O) groups is 1. The predicted molar refractivity (Wildman–Crippen MR) is 91.4 cm³/mol. The van der Waals surface area contributed by atoms with E-state index in [0.29, 0.717) is 6.04 Å². The summed E-state index contributed by atoms with van der Waals surface area (Å²) in [7, 11) is 3.68. The third kappa shape index (κ3) is 3.47. The van der Waals surface area contributed by atoms with Crippen LogP contribution >= 0.6 is 0 Å². The van der Waals surface area contributed by atoms with Crippen molar-refractivity contribution in [3.05, 3.63) is 35.6 Å². The number of rotatable bonds is 3. The molecular weight excluding hydrogens is 307 g/mol. The fourth-order valence-electron chi connectivity index (χ4n) is 4.40. The Bertz CT molecular complexity index is 580. The van der Waals surface area contributed by atoms with Crippen molar-refractivity contribution >= 4 is 5.91 Å². The zero-order valence-electron chi connectivity index (χ0n) is 14.6. The van der Waals surface area contributed by atoms with Gasteiger partial charge in [0.05, 0.1) is 6.04 Å². The summed E-state index contributed by atoms with van der Waals surface area (Å²) < 4.78 is 18.8. The molecule has 2 aliphatic heterocycles. The van der Waals surface area contributed by atoms with Gasteiger partial charge >= 0.3 is 0 Å². The summed E-state index contributed by atoms with van der Waals surface area (Å²) >= 11 is 0. The molecule has 5 heteroatoms. The van der Waals surface area contributed by atoms with Gasteiger partial charge in [0, 0.05) is 32.2 Å². The van der Waals surface area contributed by atoms with Crippen LogP contribution in [0.5, 0.6) is 0 Å². The number of likely N-dealkylation sites (tertiary alicyclic amines) is 2. The van der Waals surface area contributed by atoms with Crippen LogP contribution in [-0.2, 0) is 9.53 Å². The predicted octanol–water partition coefficient (Wildman–Crippen LogP) is 2.64. The van der Waals surface area contributed by atoms with Crippen molar-refractivity contribution in [2.24, 2.45) is 0 Å². The Labute approximate surface area is 143 Å². The number of ether oxygens (including phenoxy) is 1. The number of nitrogens with zero attached hydrogens (tertiary/aromatic N) is 2. The van der Waals surface area contributed by atoms with Gasteiger partial charge in [-0.25, -0.2) is 4.39 Å². The zero-order chi connectivity index (χ0) is 17.1. The van der Waals surface area contributed by atoms with Crippen LogP contribution in [-0.4, -0.2) is 61.6 Å². The molecule has 2 aliphatic rings. The van der Waals surface area contributed by atoms with Crippen molar-refractivity contribution < 1.29 is 13.9 Å². The first-order valence-electron chi connectivity index (χ1n) is 8.86. The van der Waals surface area contributed by atoms with E-state index in [1.807, 2.05) is 11.0 Å². The Hall–Kier alpha value is -1.46. The molecule has 0 saturated carbocycles. The third-order valence-electron chi connectivity index (χ3n) is 5.48. The van der Waals surface area contributed by atoms with E-state index in [9.17, 15) is 9.18 Å². The van der Waals surface area contributed by atoms with Crippen molar-refractivity contribution in [2.45, 2.75) is 43.7 Å². The summed E-state index contributed by atoms with van der Waals surface area (Å²) in [6.07, 6.45) is 4.45. The van der Waals surface area contributed by atoms with Crippen LogP contribution in [0.3, 0.4) is 0 Å². The molecule has 2 saturated heterocycles. The number of hydrogen-bond acceptors (Lipinski definition) is 3. The van der Waals surface area contributed by atoms with E-state index in [1.54, 1.807) is 19.2 Å². The fourth-order valence-corrected chi connectivity index (χ4v) is 4.40.